The maximum Gasteiger partial charge on any atom is 1.00 e. The molecule has 1 heterocycles. The second kappa shape index (κ2) is 22.0. The molecule has 0 atom stereocenters. The summed E-state index contributed by atoms with van der Waals surface area (Å²) in [6.07, 6.45) is 0. The molecule has 0 amide bonds. The van der Waals surface area contributed by atoms with Crippen LogP contribution in [0.4, 0.5) is 40.3 Å². The third kappa shape index (κ3) is 13.2. The minimum atomic E-state index is -5.27. The number of nitrogens with zero attached hydrogens (tertiary/aromatic N) is 7. The van der Waals surface area contributed by atoms with Crippen molar-refractivity contribution >= 4 is 125 Å². The number of rotatable bonds is 10. The van der Waals surface area contributed by atoms with Gasteiger partial charge in [-0.25, -0.2) is 33.7 Å². The molecule has 6 aromatic carbocycles. The smallest absolute Gasteiger partial charge is 0.744 e. The SMILES string of the molecule is Nc1nc(Cl)nc(Nc2ccc(N=Nc3ccc(N=Nc4cc(S(=O)(=O)[O-])c5cccc(S(=O)(=O)[O-])c5c4)c4cc(S(=O)(=O)[O-])ccc34)c3cc(S(=O)(=O)[O-])ccc23)n1.[K+].[K+].[Na+].[Na+]. The van der Waals surface area contributed by atoms with Crippen LogP contribution in [0, 0.1) is 0 Å². The predicted molar refractivity (Wildman–Crippen MR) is 205 cm³/mol. The van der Waals surface area contributed by atoms with Crippen LogP contribution in [0.25, 0.3) is 32.3 Å². The van der Waals surface area contributed by atoms with E-state index < -0.39 is 71.1 Å². The van der Waals surface area contributed by atoms with Gasteiger partial charge in [0.05, 0.1) is 42.3 Å². The number of anilines is 3. The Labute approximate surface area is 492 Å². The van der Waals surface area contributed by atoms with Gasteiger partial charge in [-0.1, -0.05) is 24.3 Å². The van der Waals surface area contributed by atoms with Gasteiger partial charge in [0.1, 0.15) is 40.5 Å². The summed E-state index contributed by atoms with van der Waals surface area (Å²) in [6, 6.07) is 16.9. The summed E-state index contributed by atoms with van der Waals surface area (Å²) in [4.78, 5) is 8.51. The maximum absolute atomic E-state index is 12.2. The predicted octanol–water partition coefficient (Wildman–Crippen LogP) is -6.23. The molecule has 3 N–H and O–H groups in total. The Hall–Kier alpha value is -0.887. The molecule has 0 radical (unpaired) electrons. The van der Waals surface area contributed by atoms with Crippen LogP contribution in [-0.2, 0) is 40.5 Å². The van der Waals surface area contributed by atoms with Crippen molar-refractivity contribution in [1.29, 1.82) is 0 Å². The monoisotopic (exact) mass is 1020 g/mol. The molecule has 1 aromatic heterocycles. The van der Waals surface area contributed by atoms with Crippen LogP contribution in [0.15, 0.2) is 131 Å². The molecule has 0 aliphatic carbocycles. The molecule has 63 heavy (non-hydrogen) atoms. The largest absolute Gasteiger partial charge is 1.00 e. The fourth-order valence-electron chi connectivity index (χ4n) is 5.84. The van der Waals surface area contributed by atoms with Crippen molar-refractivity contribution in [3.8, 4) is 0 Å². The van der Waals surface area contributed by atoms with Gasteiger partial charge >= 0.3 is 162 Å². The van der Waals surface area contributed by atoms with Gasteiger partial charge in [0, 0.05) is 38.0 Å². The van der Waals surface area contributed by atoms with Gasteiger partial charge in [-0.15, -0.1) is 15.3 Å². The molecular formula is C33H18ClK2N9Na2O12S4. The van der Waals surface area contributed by atoms with E-state index in [1.165, 1.54) is 36.4 Å². The molecule has 7 rings (SSSR count). The zero-order valence-corrected chi connectivity index (χ0v) is 47.0. The third-order valence-corrected chi connectivity index (χ3v) is 11.9. The molecule has 7 aromatic rings. The molecular weight excluding hydrogens is 1000 g/mol. The number of nitrogen functional groups attached to an aromatic ring is 1. The number of nitrogens with two attached hydrogens (primary N) is 1. The Kier molecular flexibility index (Phi) is 19.7. The fourth-order valence-corrected chi connectivity index (χ4v) is 8.40. The minimum absolute atomic E-state index is 0. The van der Waals surface area contributed by atoms with Crippen molar-refractivity contribution < 1.29 is 214 Å². The van der Waals surface area contributed by atoms with Crippen molar-refractivity contribution in [3.63, 3.8) is 0 Å². The van der Waals surface area contributed by atoms with Gasteiger partial charge in [0.25, 0.3) is 0 Å². The summed E-state index contributed by atoms with van der Waals surface area (Å²) in [5.74, 6) is -0.273. The maximum atomic E-state index is 12.2. The second-order valence-corrected chi connectivity index (χ2v) is 17.9. The minimum Gasteiger partial charge on any atom is -0.744 e. The van der Waals surface area contributed by atoms with Crippen LogP contribution in [0.2, 0.25) is 5.28 Å². The first-order chi connectivity index (χ1) is 27.6. The zero-order valence-electron chi connectivity index (χ0n) is 32.8. The molecule has 30 heteroatoms. The number of fused-ring (bicyclic) bond motifs is 3. The Morgan fingerprint density at radius 3 is 1.56 bits per heavy atom. The first kappa shape index (κ1) is 56.4. The van der Waals surface area contributed by atoms with E-state index in [9.17, 15) is 51.9 Å². The first-order valence-corrected chi connectivity index (χ1v) is 21.9. The molecule has 0 saturated carbocycles. The summed E-state index contributed by atoms with van der Waals surface area (Å²) >= 11 is 5.89. The van der Waals surface area contributed by atoms with E-state index in [0.717, 1.165) is 54.6 Å². The van der Waals surface area contributed by atoms with E-state index in [2.05, 4.69) is 40.7 Å². The summed E-state index contributed by atoms with van der Waals surface area (Å²) in [5, 5.41) is 18.8. The van der Waals surface area contributed by atoms with Crippen molar-refractivity contribution in [3.05, 3.63) is 96.3 Å². The standard InChI is InChI=1S/C33H22ClN9O12S4.2K.2Na/c34-31-37-32(35)39-33(38-31)36-25-8-9-28(22-14-17(56(44,45)46)4-6-19(22)25)43-42-26-10-11-27(23-15-18(57(47,48)49)5-7-20(23)26)41-40-16-12-24-21(30(13-16)59(53,54)55)2-1-3-29(24)58(50,51)52;;;;/h1-15H,(H,44,45,46)(H,47,48,49)(H,50,51,52)(H,53,54,55)(H3,35,36,37,38,39);;;;/q;4*+1/p-4. The van der Waals surface area contributed by atoms with E-state index in [4.69, 9.17) is 17.3 Å². The van der Waals surface area contributed by atoms with E-state index >= 15 is 0 Å². The van der Waals surface area contributed by atoms with Crippen molar-refractivity contribution in [2.24, 2.45) is 20.5 Å². The van der Waals surface area contributed by atoms with Gasteiger partial charge in [-0.3, -0.25) is 0 Å². The normalized spacial score (nSPS) is 12.1. The van der Waals surface area contributed by atoms with E-state index in [1.807, 2.05) is 0 Å². The Bertz CT molecular complexity index is 3470. The number of hydrogen-bond donors (Lipinski definition) is 2. The average molecular weight is 1020 g/mol. The number of nitrogens with one attached hydrogen (secondary N) is 1. The molecule has 21 nitrogen and oxygen atoms in total. The van der Waals surface area contributed by atoms with Crippen molar-refractivity contribution in [1.82, 2.24) is 15.0 Å². The van der Waals surface area contributed by atoms with Crippen LogP contribution in [-0.4, -0.2) is 66.8 Å². The number of halogens is 1. The number of benzene rings is 6. The van der Waals surface area contributed by atoms with Gasteiger partial charge in [0.2, 0.25) is 17.2 Å². The van der Waals surface area contributed by atoms with E-state index in [-0.39, 0.29) is 218 Å². The zero-order chi connectivity index (χ0) is 42.7. The topological polar surface area (TPSA) is 355 Å². The number of azo groups is 2. The third-order valence-electron chi connectivity index (χ3n) is 8.34. The average Bonchev–Trinajstić information content (AvgIpc) is 3.14. The quantitative estimate of drug-likeness (QED) is 0.0731. The summed E-state index contributed by atoms with van der Waals surface area (Å²) in [5.41, 5.74) is 5.46. The Balaban J connectivity index is 0.00000264. The molecule has 0 saturated heterocycles. The van der Waals surface area contributed by atoms with Crippen LogP contribution < -0.4 is 173 Å². The fraction of sp³-hybridized carbons (Fsp3) is 0. The van der Waals surface area contributed by atoms with Crippen LogP contribution in [0.1, 0.15) is 0 Å². The summed E-state index contributed by atoms with van der Waals surface area (Å²) in [6.45, 7) is 0. The van der Waals surface area contributed by atoms with Gasteiger partial charge < -0.3 is 29.3 Å². The van der Waals surface area contributed by atoms with E-state index in [0.29, 0.717) is 11.1 Å². The van der Waals surface area contributed by atoms with Crippen molar-refractivity contribution in [2.75, 3.05) is 11.1 Å². The molecule has 0 aliphatic rings. The first-order valence-electron chi connectivity index (χ1n) is 15.9. The van der Waals surface area contributed by atoms with Gasteiger partial charge in [-0.2, -0.15) is 20.1 Å². The van der Waals surface area contributed by atoms with E-state index in [1.54, 1.807) is 0 Å². The molecule has 0 unspecified atom stereocenters. The van der Waals surface area contributed by atoms with Gasteiger partial charge in [-0.05, 0) is 78.3 Å². The molecule has 0 bridgehead atoms. The Morgan fingerprint density at radius 2 is 1.02 bits per heavy atom. The van der Waals surface area contributed by atoms with Crippen LogP contribution >= 0.6 is 11.6 Å². The number of hydrogen-bond acceptors (Lipinski definition) is 21. The summed E-state index contributed by atoms with van der Waals surface area (Å²) in [7, 11) is -20.5. The molecule has 0 aliphatic heterocycles. The van der Waals surface area contributed by atoms with Crippen LogP contribution in [0.3, 0.4) is 0 Å². The number of aromatic nitrogens is 3. The molecule has 0 spiro atoms. The molecule has 302 valence electrons. The summed E-state index contributed by atoms with van der Waals surface area (Å²) < 4.78 is 144. The van der Waals surface area contributed by atoms with Crippen molar-refractivity contribution in [2.45, 2.75) is 19.6 Å². The second-order valence-electron chi connectivity index (χ2n) is 12.1. The van der Waals surface area contributed by atoms with Crippen LogP contribution in [0.5, 0.6) is 0 Å². The Morgan fingerprint density at radius 1 is 0.508 bits per heavy atom. The molecule has 0 fully saturated rings. The van der Waals surface area contributed by atoms with Gasteiger partial charge in [0.15, 0.2) is 0 Å².